The summed E-state index contributed by atoms with van der Waals surface area (Å²) >= 11 is 0. The van der Waals surface area contributed by atoms with Gasteiger partial charge in [-0.15, -0.1) is 0 Å². The minimum Gasteiger partial charge on any atom is -0.456 e. The van der Waals surface area contributed by atoms with Crippen LogP contribution in [0.1, 0.15) is 13.8 Å². The van der Waals surface area contributed by atoms with Crippen LogP contribution in [0.5, 0.6) is 0 Å². The van der Waals surface area contributed by atoms with Crippen LogP contribution in [0.4, 0.5) is 0 Å². The van der Waals surface area contributed by atoms with Gasteiger partial charge in [0.1, 0.15) is 0 Å². The first-order valence-corrected chi connectivity index (χ1v) is 8.35. The fourth-order valence-electron chi connectivity index (χ4n) is 1.30. The minimum absolute atomic E-state index is 0.670. The summed E-state index contributed by atoms with van der Waals surface area (Å²) in [6.07, 6.45) is 0. The third-order valence-corrected chi connectivity index (χ3v) is 6.10. The van der Waals surface area contributed by atoms with Crippen LogP contribution in [0.15, 0.2) is 0 Å². The van der Waals surface area contributed by atoms with Gasteiger partial charge in [0.05, 0.1) is 0 Å². The van der Waals surface area contributed by atoms with E-state index in [0.29, 0.717) is 9.76 Å². The molecule has 0 rings (SSSR count). The molecule has 2 radical (unpaired) electrons. The number of hydrogen-bond donors (Lipinski definition) is 0. The molecule has 0 bridgehead atoms. The average molecular weight is 174 g/mol. The molecule has 60 valence electrons. The zero-order valence-electron chi connectivity index (χ0n) is 7.69. The molecule has 0 aliphatic carbocycles. The van der Waals surface area contributed by atoms with Crippen LogP contribution in [0.2, 0.25) is 25.7 Å². The summed E-state index contributed by atoms with van der Waals surface area (Å²) in [7, 11) is -0.584. The van der Waals surface area contributed by atoms with Crippen LogP contribution >= 0.6 is 0 Å². The highest BCUT2D eigenvalue weighted by molar-refractivity contribution is 6.75. The molecule has 0 spiro atoms. The van der Waals surface area contributed by atoms with Crippen molar-refractivity contribution in [3.63, 3.8) is 0 Å². The molecule has 0 unspecified atom stereocenters. The number of hydrogen-bond acceptors (Lipinski definition) is 1. The summed E-state index contributed by atoms with van der Waals surface area (Å²) in [4.78, 5) is 0. The van der Waals surface area contributed by atoms with Crippen LogP contribution in [0.25, 0.3) is 0 Å². The van der Waals surface area contributed by atoms with Crippen molar-refractivity contribution in [3.05, 3.63) is 0 Å². The quantitative estimate of drug-likeness (QED) is 0.595. The normalized spacial score (nSPS) is 12.6. The molecule has 0 heterocycles. The van der Waals surface area contributed by atoms with Crippen LogP contribution < -0.4 is 0 Å². The molecule has 0 N–H and O–H groups in total. The first kappa shape index (κ1) is 10.4. The second kappa shape index (κ2) is 4.31. The Morgan fingerprint density at radius 1 is 1.40 bits per heavy atom. The lowest BCUT2D eigenvalue weighted by Crippen LogP contribution is -2.32. The maximum atomic E-state index is 5.71. The molecule has 3 heteroatoms. The summed E-state index contributed by atoms with van der Waals surface area (Å²) in [6.45, 7) is 11.2. The van der Waals surface area contributed by atoms with E-state index in [1.807, 2.05) is 0 Å². The van der Waals surface area contributed by atoms with Gasteiger partial charge in [0, 0.05) is 0 Å². The van der Waals surface area contributed by atoms with E-state index in [1.54, 1.807) is 0 Å². The Hall–Kier alpha value is 0.394. The maximum Gasteiger partial charge on any atom is 0.211 e. The molecule has 0 saturated carbocycles. The molecule has 0 amide bonds. The van der Waals surface area contributed by atoms with Gasteiger partial charge in [0.15, 0.2) is 8.32 Å². The monoisotopic (exact) mass is 174 g/mol. The van der Waals surface area contributed by atoms with Crippen molar-refractivity contribution in [2.75, 3.05) is 0 Å². The van der Waals surface area contributed by atoms with Gasteiger partial charge < -0.3 is 4.12 Å². The molecule has 0 saturated heterocycles. The maximum absolute atomic E-state index is 5.71. The van der Waals surface area contributed by atoms with Gasteiger partial charge in [-0.05, 0) is 31.6 Å². The first-order valence-electron chi connectivity index (χ1n) is 3.82. The van der Waals surface area contributed by atoms with E-state index in [0.717, 1.165) is 5.92 Å². The van der Waals surface area contributed by atoms with Crippen LogP contribution in [0.3, 0.4) is 0 Å². The van der Waals surface area contributed by atoms with Crippen molar-refractivity contribution < 1.29 is 4.12 Å². The summed E-state index contributed by atoms with van der Waals surface area (Å²) in [6, 6.07) is 1.29. The van der Waals surface area contributed by atoms with E-state index < -0.39 is 8.32 Å². The predicted octanol–water partition coefficient (Wildman–Crippen LogP) is 2.53. The van der Waals surface area contributed by atoms with E-state index in [1.165, 1.54) is 6.04 Å². The lowest BCUT2D eigenvalue weighted by Gasteiger charge is -2.23. The van der Waals surface area contributed by atoms with Gasteiger partial charge >= 0.3 is 0 Å². The van der Waals surface area contributed by atoms with Crippen molar-refractivity contribution >= 4 is 18.1 Å². The highest BCUT2D eigenvalue weighted by Gasteiger charge is 2.22. The van der Waals surface area contributed by atoms with E-state index in [9.17, 15) is 0 Å². The smallest absolute Gasteiger partial charge is 0.211 e. The molecule has 10 heavy (non-hydrogen) atoms. The summed E-state index contributed by atoms with van der Waals surface area (Å²) in [5, 5.41) is 0. The Labute approximate surface area is 68.2 Å². The zero-order valence-corrected chi connectivity index (χ0v) is 9.69. The lowest BCUT2D eigenvalue weighted by molar-refractivity contribution is 0.562. The van der Waals surface area contributed by atoms with Gasteiger partial charge in [-0.3, -0.25) is 0 Å². The highest BCUT2D eigenvalue weighted by atomic mass is 28.4. The molecular formula is C7H18OSi2. The Morgan fingerprint density at radius 3 is 2.20 bits per heavy atom. The number of rotatable bonds is 4. The summed E-state index contributed by atoms with van der Waals surface area (Å²) in [5.41, 5.74) is 0. The van der Waals surface area contributed by atoms with Crippen molar-refractivity contribution in [1.29, 1.82) is 0 Å². The van der Waals surface area contributed by atoms with Gasteiger partial charge in [0.2, 0.25) is 9.76 Å². The van der Waals surface area contributed by atoms with E-state index in [2.05, 4.69) is 33.5 Å². The third kappa shape index (κ3) is 5.20. The molecule has 0 aliphatic heterocycles. The first-order chi connectivity index (χ1) is 4.48. The van der Waals surface area contributed by atoms with Crippen molar-refractivity contribution in [3.8, 4) is 0 Å². The molecule has 0 aromatic rings. The molecule has 0 aromatic heterocycles. The Balaban J connectivity index is 3.63. The van der Waals surface area contributed by atoms with Crippen molar-refractivity contribution in [2.45, 2.75) is 39.5 Å². The van der Waals surface area contributed by atoms with Crippen molar-refractivity contribution in [2.24, 2.45) is 5.92 Å². The van der Waals surface area contributed by atoms with Crippen LogP contribution in [0, 0.1) is 5.92 Å². The minimum atomic E-state index is -1.25. The molecular weight excluding hydrogens is 156 g/mol. The fraction of sp³-hybridized carbons (Fsp3) is 1.00. The third-order valence-electron chi connectivity index (χ3n) is 1.28. The fourth-order valence-corrected chi connectivity index (χ4v) is 5.81. The zero-order chi connectivity index (χ0) is 8.20. The van der Waals surface area contributed by atoms with Gasteiger partial charge in [0.25, 0.3) is 0 Å². The largest absolute Gasteiger partial charge is 0.456 e. The summed E-state index contributed by atoms with van der Waals surface area (Å²) in [5.74, 6) is 0.790. The average Bonchev–Trinajstić information content (AvgIpc) is 1.59. The van der Waals surface area contributed by atoms with Crippen LogP contribution in [-0.4, -0.2) is 18.1 Å². The second-order valence-electron chi connectivity index (χ2n) is 3.66. The van der Waals surface area contributed by atoms with Crippen LogP contribution in [-0.2, 0) is 4.12 Å². The highest BCUT2D eigenvalue weighted by Crippen LogP contribution is 2.16. The Kier molecular flexibility index (Phi) is 4.48. The van der Waals surface area contributed by atoms with Gasteiger partial charge in [-0.2, -0.15) is 0 Å². The molecule has 0 fully saturated rings. The van der Waals surface area contributed by atoms with Crippen molar-refractivity contribution in [1.82, 2.24) is 0 Å². The predicted molar refractivity (Wildman–Crippen MR) is 49.8 cm³/mol. The molecule has 0 atom stereocenters. The van der Waals surface area contributed by atoms with Gasteiger partial charge in [-0.25, -0.2) is 0 Å². The standard InChI is InChI=1S/C7H18OSi2/c1-7(2)6-10(4,5)8-9-3/h7H,6H2,1-5H3. The van der Waals surface area contributed by atoms with E-state index >= 15 is 0 Å². The van der Waals surface area contributed by atoms with Gasteiger partial charge in [-0.1, -0.05) is 13.8 Å². The topological polar surface area (TPSA) is 9.23 Å². The SMILES string of the molecule is C[Si]O[Si](C)(C)CC(C)C. The molecule has 0 aromatic carbocycles. The second-order valence-corrected chi connectivity index (χ2v) is 8.82. The van der Waals surface area contributed by atoms with E-state index in [4.69, 9.17) is 4.12 Å². The Morgan fingerprint density at radius 2 is 1.90 bits per heavy atom. The lowest BCUT2D eigenvalue weighted by atomic mass is 10.3. The molecule has 0 aliphatic rings. The molecule has 1 nitrogen and oxygen atoms in total. The van der Waals surface area contributed by atoms with E-state index in [-0.39, 0.29) is 0 Å². The Bertz CT molecular complexity index is 91.6. The summed E-state index contributed by atoms with van der Waals surface area (Å²) < 4.78 is 5.71.